The molecule has 0 radical (unpaired) electrons. The Balaban J connectivity index is 2.37. The van der Waals surface area contributed by atoms with Gasteiger partial charge in [0, 0.05) is 12.6 Å². The monoisotopic (exact) mass is 198 g/mol. The quantitative estimate of drug-likeness (QED) is 0.709. The van der Waals surface area contributed by atoms with Gasteiger partial charge in [-0.05, 0) is 38.3 Å². The van der Waals surface area contributed by atoms with Crippen LogP contribution in [0.25, 0.3) is 0 Å². The molecule has 1 rings (SSSR count). The second kappa shape index (κ2) is 5.13. The summed E-state index contributed by atoms with van der Waals surface area (Å²) in [5, 5.41) is 0. The fourth-order valence-electron chi connectivity index (χ4n) is 2.41. The molecule has 1 atom stereocenters. The summed E-state index contributed by atoms with van der Waals surface area (Å²) in [4.78, 5) is 2.52. The largest absolute Gasteiger partial charge is 0.330 e. The van der Waals surface area contributed by atoms with Crippen molar-refractivity contribution < 1.29 is 0 Å². The lowest BCUT2D eigenvalue weighted by Crippen LogP contribution is -2.45. The highest BCUT2D eigenvalue weighted by Gasteiger charge is 2.29. The highest BCUT2D eigenvalue weighted by atomic mass is 15.1. The van der Waals surface area contributed by atoms with Gasteiger partial charge in [0.15, 0.2) is 0 Å². The summed E-state index contributed by atoms with van der Waals surface area (Å²) in [5.41, 5.74) is 6.21. The first-order valence-corrected chi connectivity index (χ1v) is 6.01. The first-order valence-electron chi connectivity index (χ1n) is 6.01. The minimum absolute atomic E-state index is 0.332. The SMILES string of the molecule is CCCC(C)(CN)CN(C)C1CCC1. The van der Waals surface area contributed by atoms with Crippen LogP contribution < -0.4 is 5.73 Å². The normalized spacial score (nSPS) is 22.1. The van der Waals surface area contributed by atoms with Crippen molar-refractivity contribution in [1.29, 1.82) is 0 Å². The van der Waals surface area contributed by atoms with Crippen molar-refractivity contribution in [3.05, 3.63) is 0 Å². The Hall–Kier alpha value is -0.0800. The summed E-state index contributed by atoms with van der Waals surface area (Å²) in [6.45, 7) is 6.56. The first-order chi connectivity index (χ1) is 6.61. The number of nitrogens with two attached hydrogens (primary N) is 1. The maximum atomic E-state index is 5.87. The molecule has 84 valence electrons. The smallest absolute Gasteiger partial charge is 0.00924 e. The van der Waals surface area contributed by atoms with E-state index in [2.05, 4.69) is 25.8 Å². The van der Waals surface area contributed by atoms with E-state index in [9.17, 15) is 0 Å². The summed E-state index contributed by atoms with van der Waals surface area (Å²) in [6.07, 6.45) is 6.70. The van der Waals surface area contributed by atoms with Crippen LogP contribution in [0.3, 0.4) is 0 Å². The molecule has 0 aliphatic heterocycles. The lowest BCUT2D eigenvalue weighted by molar-refractivity contribution is 0.0994. The van der Waals surface area contributed by atoms with E-state index in [0.717, 1.165) is 12.6 Å². The molecule has 1 aliphatic rings. The van der Waals surface area contributed by atoms with E-state index in [1.54, 1.807) is 0 Å². The third-order valence-electron chi connectivity index (χ3n) is 3.68. The van der Waals surface area contributed by atoms with E-state index in [1.165, 1.54) is 38.6 Å². The van der Waals surface area contributed by atoms with Gasteiger partial charge >= 0.3 is 0 Å². The zero-order chi connectivity index (χ0) is 10.6. The van der Waals surface area contributed by atoms with E-state index in [4.69, 9.17) is 5.73 Å². The molecule has 0 bridgehead atoms. The average molecular weight is 198 g/mol. The van der Waals surface area contributed by atoms with Crippen LogP contribution in [0.2, 0.25) is 0 Å². The zero-order valence-electron chi connectivity index (χ0n) is 10.1. The number of rotatable bonds is 6. The Morgan fingerprint density at radius 1 is 1.43 bits per heavy atom. The van der Waals surface area contributed by atoms with E-state index in [1.807, 2.05) is 0 Å². The van der Waals surface area contributed by atoms with Gasteiger partial charge in [-0.3, -0.25) is 0 Å². The van der Waals surface area contributed by atoms with Gasteiger partial charge in [-0.25, -0.2) is 0 Å². The molecule has 0 amide bonds. The molecule has 0 aromatic rings. The van der Waals surface area contributed by atoms with E-state index in [-0.39, 0.29) is 0 Å². The molecule has 0 aromatic heterocycles. The second-order valence-corrected chi connectivity index (χ2v) is 5.26. The van der Waals surface area contributed by atoms with Crippen LogP contribution in [-0.2, 0) is 0 Å². The third kappa shape index (κ3) is 2.96. The summed E-state index contributed by atoms with van der Waals surface area (Å²) < 4.78 is 0. The summed E-state index contributed by atoms with van der Waals surface area (Å²) in [6, 6.07) is 0.845. The lowest BCUT2D eigenvalue weighted by Gasteiger charge is -2.40. The van der Waals surface area contributed by atoms with Crippen LogP contribution in [0.15, 0.2) is 0 Å². The Labute approximate surface area is 88.8 Å². The van der Waals surface area contributed by atoms with E-state index in [0.29, 0.717) is 5.41 Å². The molecule has 1 unspecified atom stereocenters. The highest BCUT2D eigenvalue weighted by molar-refractivity contribution is 4.84. The standard InChI is InChI=1S/C12H26N2/c1-4-8-12(2,9-13)10-14(3)11-6-5-7-11/h11H,4-10,13H2,1-3H3. The van der Waals surface area contributed by atoms with Crippen molar-refractivity contribution in [3.8, 4) is 0 Å². The van der Waals surface area contributed by atoms with Gasteiger partial charge < -0.3 is 10.6 Å². The molecule has 0 heterocycles. The van der Waals surface area contributed by atoms with Crippen molar-refractivity contribution >= 4 is 0 Å². The van der Waals surface area contributed by atoms with Crippen LogP contribution in [-0.4, -0.2) is 31.1 Å². The molecular weight excluding hydrogens is 172 g/mol. The molecular formula is C12H26N2. The minimum atomic E-state index is 0.332. The van der Waals surface area contributed by atoms with E-state index >= 15 is 0 Å². The van der Waals surface area contributed by atoms with Gasteiger partial charge in [-0.2, -0.15) is 0 Å². The molecule has 0 aromatic carbocycles. The van der Waals surface area contributed by atoms with Crippen LogP contribution in [0.4, 0.5) is 0 Å². The predicted octanol–water partition coefficient (Wildman–Crippen LogP) is 2.24. The molecule has 1 saturated carbocycles. The Morgan fingerprint density at radius 3 is 2.43 bits per heavy atom. The fourth-order valence-corrected chi connectivity index (χ4v) is 2.41. The predicted molar refractivity (Wildman–Crippen MR) is 62.3 cm³/mol. The molecule has 0 saturated heterocycles. The molecule has 2 N–H and O–H groups in total. The summed E-state index contributed by atoms with van der Waals surface area (Å²) in [5.74, 6) is 0. The first kappa shape index (κ1) is 12.0. The third-order valence-corrected chi connectivity index (χ3v) is 3.68. The van der Waals surface area contributed by atoms with Gasteiger partial charge in [0.1, 0.15) is 0 Å². The molecule has 2 heteroatoms. The maximum absolute atomic E-state index is 5.87. The minimum Gasteiger partial charge on any atom is -0.330 e. The highest BCUT2D eigenvalue weighted by Crippen LogP contribution is 2.29. The number of hydrogen-bond donors (Lipinski definition) is 1. The molecule has 14 heavy (non-hydrogen) atoms. The molecule has 1 fully saturated rings. The zero-order valence-corrected chi connectivity index (χ0v) is 10.1. The Morgan fingerprint density at radius 2 is 2.07 bits per heavy atom. The molecule has 0 spiro atoms. The van der Waals surface area contributed by atoms with Crippen molar-refractivity contribution in [1.82, 2.24) is 4.90 Å². The number of nitrogens with zero attached hydrogens (tertiary/aromatic N) is 1. The van der Waals surface area contributed by atoms with Crippen LogP contribution in [0, 0.1) is 5.41 Å². The van der Waals surface area contributed by atoms with Crippen LogP contribution in [0.5, 0.6) is 0 Å². The van der Waals surface area contributed by atoms with Gasteiger partial charge in [0.25, 0.3) is 0 Å². The van der Waals surface area contributed by atoms with E-state index < -0.39 is 0 Å². The fraction of sp³-hybridized carbons (Fsp3) is 1.00. The lowest BCUT2D eigenvalue weighted by atomic mass is 9.83. The second-order valence-electron chi connectivity index (χ2n) is 5.26. The molecule has 1 aliphatic carbocycles. The van der Waals surface area contributed by atoms with Crippen molar-refractivity contribution in [2.24, 2.45) is 11.1 Å². The van der Waals surface area contributed by atoms with Crippen LogP contribution >= 0.6 is 0 Å². The average Bonchev–Trinajstić information content (AvgIpc) is 2.01. The van der Waals surface area contributed by atoms with Crippen molar-refractivity contribution in [2.75, 3.05) is 20.1 Å². The summed E-state index contributed by atoms with van der Waals surface area (Å²) in [7, 11) is 2.26. The van der Waals surface area contributed by atoms with Gasteiger partial charge in [-0.1, -0.05) is 26.7 Å². The molecule has 2 nitrogen and oxygen atoms in total. The topological polar surface area (TPSA) is 29.3 Å². The van der Waals surface area contributed by atoms with Crippen LogP contribution in [0.1, 0.15) is 46.0 Å². The van der Waals surface area contributed by atoms with Crippen molar-refractivity contribution in [3.63, 3.8) is 0 Å². The van der Waals surface area contributed by atoms with Gasteiger partial charge in [0.2, 0.25) is 0 Å². The van der Waals surface area contributed by atoms with Crippen molar-refractivity contribution in [2.45, 2.75) is 52.0 Å². The summed E-state index contributed by atoms with van der Waals surface area (Å²) >= 11 is 0. The maximum Gasteiger partial charge on any atom is 0.00924 e. The number of hydrogen-bond acceptors (Lipinski definition) is 2. The van der Waals surface area contributed by atoms with Gasteiger partial charge in [-0.15, -0.1) is 0 Å². The Bertz CT molecular complexity index is 166. The van der Waals surface area contributed by atoms with Gasteiger partial charge in [0.05, 0.1) is 0 Å². The Kier molecular flexibility index (Phi) is 4.39.